The average Bonchev–Trinajstić information content (AvgIpc) is 2.53. The Kier molecular flexibility index (Phi) is 5.68. The second-order valence-corrected chi connectivity index (χ2v) is 6.24. The first-order valence-corrected chi connectivity index (χ1v) is 8.10. The van der Waals surface area contributed by atoms with Crippen molar-refractivity contribution in [2.24, 2.45) is 0 Å². The molecule has 2 rings (SSSR count). The zero-order valence-corrected chi connectivity index (χ0v) is 14.4. The number of halogens is 1. The lowest BCUT2D eigenvalue weighted by atomic mass is 10.2. The minimum absolute atomic E-state index is 0.0941. The molecule has 0 saturated heterocycles. The van der Waals surface area contributed by atoms with Crippen molar-refractivity contribution >= 4 is 33.4 Å². The number of methoxy groups -OCH3 is 2. The number of hydrogen-bond donors (Lipinski definition) is 0. The standard InChI is InChI=1S/C15H14BrNO4S/c1-20-14-7-10(13(16)8-15(14)21-2)9-22-12-5-3-11(4-6-12)17(18)19/h3-8H,9H2,1-2H3. The highest BCUT2D eigenvalue weighted by atomic mass is 79.9. The largest absolute Gasteiger partial charge is 0.493 e. The molecule has 0 heterocycles. The van der Waals surface area contributed by atoms with E-state index in [9.17, 15) is 10.1 Å². The number of nitrogens with zero attached hydrogens (tertiary/aromatic N) is 1. The molecule has 0 radical (unpaired) electrons. The third-order valence-corrected chi connectivity index (χ3v) is 4.79. The first-order chi connectivity index (χ1) is 10.5. The van der Waals surface area contributed by atoms with Crippen LogP contribution in [0.15, 0.2) is 45.8 Å². The van der Waals surface area contributed by atoms with Gasteiger partial charge in [-0.05, 0) is 29.8 Å². The van der Waals surface area contributed by atoms with Gasteiger partial charge in [0.25, 0.3) is 5.69 Å². The molecule has 0 amide bonds. The van der Waals surface area contributed by atoms with Gasteiger partial charge in [0.1, 0.15) is 0 Å². The van der Waals surface area contributed by atoms with Gasteiger partial charge in [-0.25, -0.2) is 0 Å². The molecule has 0 fully saturated rings. The Balaban J connectivity index is 2.12. The van der Waals surface area contributed by atoms with Gasteiger partial charge in [0.15, 0.2) is 11.5 Å². The minimum atomic E-state index is -0.403. The van der Waals surface area contributed by atoms with E-state index < -0.39 is 4.92 Å². The van der Waals surface area contributed by atoms with Gasteiger partial charge in [0.05, 0.1) is 19.1 Å². The first-order valence-electron chi connectivity index (χ1n) is 6.32. The van der Waals surface area contributed by atoms with E-state index >= 15 is 0 Å². The van der Waals surface area contributed by atoms with E-state index in [0.29, 0.717) is 17.3 Å². The van der Waals surface area contributed by atoms with Gasteiger partial charge in [0, 0.05) is 27.3 Å². The Bertz CT molecular complexity index is 676. The summed E-state index contributed by atoms with van der Waals surface area (Å²) < 4.78 is 11.5. The molecule has 0 aliphatic carbocycles. The molecule has 2 aromatic rings. The quantitative estimate of drug-likeness (QED) is 0.412. The number of rotatable bonds is 6. The highest BCUT2D eigenvalue weighted by Crippen LogP contribution is 2.36. The van der Waals surface area contributed by atoms with Crippen molar-refractivity contribution in [3.8, 4) is 11.5 Å². The maximum atomic E-state index is 10.6. The molecule has 22 heavy (non-hydrogen) atoms. The van der Waals surface area contributed by atoms with E-state index in [1.54, 1.807) is 38.1 Å². The van der Waals surface area contributed by atoms with Crippen molar-refractivity contribution < 1.29 is 14.4 Å². The number of hydrogen-bond acceptors (Lipinski definition) is 5. The summed E-state index contributed by atoms with van der Waals surface area (Å²) >= 11 is 5.11. The highest BCUT2D eigenvalue weighted by Gasteiger charge is 2.10. The van der Waals surface area contributed by atoms with Crippen LogP contribution in [0.4, 0.5) is 5.69 Å². The fraction of sp³-hybridized carbons (Fsp3) is 0.200. The van der Waals surface area contributed by atoms with Crippen LogP contribution < -0.4 is 9.47 Å². The fourth-order valence-corrected chi connectivity index (χ4v) is 3.37. The monoisotopic (exact) mass is 383 g/mol. The summed E-state index contributed by atoms with van der Waals surface area (Å²) in [5.41, 5.74) is 1.15. The van der Waals surface area contributed by atoms with Gasteiger partial charge in [-0.1, -0.05) is 15.9 Å². The second-order valence-electron chi connectivity index (χ2n) is 4.34. The van der Waals surface area contributed by atoms with E-state index in [2.05, 4.69) is 15.9 Å². The minimum Gasteiger partial charge on any atom is -0.493 e. The molecule has 0 bridgehead atoms. The summed E-state index contributed by atoms with van der Waals surface area (Å²) in [7, 11) is 3.19. The summed E-state index contributed by atoms with van der Waals surface area (Å²) in [6.07, 6.45) is 0. The molecule has 116 valence electrons. The van der Waals surface area contributed by atoms with E-state index in [0.717, 1.165) is 14.9 Å². The summed E-state index contributed by atoms with van der Waals surface area (Å²) in [6, 6.07) is 10.3. The van der Waals surface area contributed by atoms with Crippen molar-refractivity contribution in [1.82, 2.24) is 0 Å². The molecule has 0 aromatic heterocycles. The molecule has 5 nitrogen and oxygen atoms in total. The van der Waals surface area contributed by atoms with Crippen LogP contribution in [-0.4, -0.2) is 19.1 Å². The Morgan fingerprint density at radius 2 is 1.73 bits per heavy atom. The highest BCUT2D eigenvalue weighted by molar-refractivity contribution is 9.10. The smallest absolute Gasteiger partial charge is 0.269 e. The SMILES string of the molecule is COc1cc(Br)c(CSc2ccc([N+](=O)[O-])cc2)cc1OC. The van der Waals surface area contributed by atoms with Gasteiger partial charge in [0.2, 0.25) is 0 Å². The number of ether oxygens (including phenoxy) is 2. The Hall–Kier alpha value is -1.73. The molecule has 2 aromatic carbocycles. The van der Waals surface area contributed by atoms with Crippen LogP contribution >= 0.6 is 27.7 Å². The molecule has 0 aliphatic heterocycles. The Morgan fingerprint density at radius 1 is 1.14 bits per heavy atom. The number of non-ortho nitro benzene ring substituents is 1. The van der Waals surface area contributed by atoms with Crippen LogP contribution in [0.1, 0.15) is 5.56 Å². The molecular formula is C15H14BrNO4S. The topological polar surface area (TPSA) is 61.6 Å². The predicted octanol–water partition coefficient (Wildman–Crippen LogP) is 4.67. The summed E-state index contributed by atoms with van der Waals surface area (Å²) in [6.45, 7) is 0. The van der Waals surface area contributed by atoms with Crippen molar-refractivity contribution in [1.29, 1.82) is 0 Å². The summed E-state index contributed by atoms with van der Waals surface area (Å²) in [4.78, 5) is 11.2. The van der Waals surface area contributed by atoms with Crippen LogP contribution in [0.3, 0.4) is 0 Å². The maximum Gasteiger partial charge on any atom is 0.269 e. The zero-order valence-electron chi connectivity index (χ0n) is 12.0. The fourth-order valence-electron chi connectivity index (χ4n) is 1.83. The zero-order chi connectivity index (χ0) is 16.1. The normalized spacial score (nSPS) is 10.3. The number of nitro groups is 1. The molecule has 0 aliphatic rings. The van der Waals surface area contributed by atoms with Gasteiger partial charge in [-0.3, -0.25) is 10.1 Å². The first kappa shape index (κ1) is 16.6. The molecule has 0 unspecified atom stereocenters. The molecule has 0 saturated carbocycles. The maximum absolute atomic E-state index is 10.6. The van der Waals surface area contributed by atoms with Gasteiger partial charge >= 0.3 is 0 Å². The predicted molar refractivity (Wildman–Crippen MR) is 89.9 cm³/mol. The van der Waals surface area contributed by atoms with Gasteiger partial charge in [-0.15, -0.1) is 11.8 Å². The van der Waals surface area contributed by atoms with E-state index in [1.165, 1.54) is 12.1 Å². The lowest BCUT2D eigenvalue weighted by Crippen LogP contribution is -1.93. The summed E-state index contributed by atoms with van der Waals surface area (Å²) in [5.74, 6) is 2.04. The van der Waals surface area contributed by atoms with Crippen molar-refractivity contribution in [2.45, 2.75) is 10.6 Å². The average molecular weight is 384 g/mol. The van der Waals surface area contributed by atoms with E-state index in [1.807, 2.05) is 12.1 Å². The van der Waals surface area contributed by atoms with Gasteiger partial charge < -0.3 is 9.47 Å². The van der Waals surface area contributed by atoms with E-state index in [4.69, 9.17) is 9.47 Å². The third-order valence-electron chi connectivity index (χ3n) is 2.99. The lowest BCUT2D eigenvalue weighted by molar-refractivity contribution is -0.384. The Labute approximate surface area is 140 Å². The van der Waals surface area contributed by atoms with Crippen LogP contribution in [0.2, 0.25) is 0 Å². The van der Waals surface area contributed by atoms with E-state index in [-0.39, 0.29) is 5.69 Å². The van der Waals surface area contributed by atoms with Crippen molar-refractivity contribution in [3.05, 3.63) is 56.5 Å². The van der Waals surface area contributed by atoms with Crippen molar-refractivity contribution in [2.75, 3.05) is 14.2 Å². The second kappa shape index (κ2) is 7.51. The van der Waals surface area contributed by atoms with Crippen LogP contribution in [0.5, 0.6) is 11.5 Å². The Morgan fingerprint density at radius 3 is 2.27 bits per heavy atom. The molecule has 0 atom stereocenters. The number of benzene rings is 2. The lowest BCUT2D eigenvalue weighted by Gasteiger charge is -2.11. The van der Waals surface area contributed by atoms with Crippen LogP contribution in [0, 0.1) is 10.1 Å². The molecular weight excluding hydrogens is 370 g/mol. The molecule has 0 N–H and O–H groups in total. The van der Waals surface area contributed by atoms with Crippen LogP contribution in [0.25, 0.3) is 0 Å². The number of thioether (sulfide) groups is 1. The molecule has 7 heteroatoms. The summed E-state index contributed by atoms with van der Waals surface area (Å²) in [5, 5.41) is 10.6. The van der Waals surface area contributed by atoms with Crippen LogP contribution in [-0.2, 0) is 5.75 Å². The molecule has 0 spiro atoms. The third kappa shape index (κ3) is 3.92. The number of nitro benzene ring substituents is 1. The van der Waals surface area contributed by atoms with Gasteiger partial charge in [-0.2, -0.15) is 0 Å². The van der Waals surface area contributed by atoms with Crippen molar-refractivity contribution in [3.63, 3.8) is 0 Å².